The number of benzene rings is 1. The first-order valence-corrected chi connectivity index (χ1v) is 5.63. The molecule has 5 nitrogen and oxygen atoms in total. The summed E-state index contributed by atoms with van der Waals surface area (Å²) in [6.45, 7) is 1.85. The molecule has 2 rings (SSSR count). The summed E-state index contributed by atoms with van der Waals surface area (Å²) in [5.74, 6) is 1.25. The Hall–Kier alpha value is -2.74. The van der Waals surface area contributed by atoms with Crippen molar-refractivity contribution in [3.05, 3.63) is 41.6 Å². The standard InChI is InChI=1S/C14H13N3O2/c1-9-3-5-11(16)14(17-9)19-12-6-4-10(8-15)7-13(12)18-2/h3-7H,16H2,1-2H3. The van der Waals surface area contributed by atoms with Crippen LogP contribution in [0.5, 0.6) is 17.4 Å². The van der Waals surface area contributed by atoms with Crippen LogP contribution in [0.4, 0.5) is 5.69 Å². The van der Waals surface area contributed by atoms with Gasteiger partial charge in [-0.2, -0.15) is 5.26 Å². The van der Waals surface area contributed by atoms with Gasteiger partial charge in [0.1, 0.15) is 0 Å². The summed E-state index contributed by atoms with van der Waals surface area (Å²) in [7, 11) is 1.51. The highest BCUT2D eigenvalue weighted by Gasteiger charge is 2.10. The van der Waals surface area contributed by atoms with Crippen molar-refractivity contribution in [2.45, 2.75) is 6.92 Å². The van der Waals surface area contributed by atoms with Gasteiger partial charge >= 0.3 is 0 Å². The predicted molar refractivity (Wildman–Crippen MR) is 71.2 cm³/mol. The molecule has 0 saturated heterocycles. The van der Waals surface area contributed by atoms with Gasteiger partial charge in [-0.1, -0.05) is 0 Å². The van der Waals surface area contributed by atoms with Crippen LogP contribution < -0.4 is 15.2 Å². The van der Waals surface area contributed by atoms with Crippen molar-refractivity contribution in [2.24, 2.45) is 0 Å². The van der Waals surface area contributed by atoms with Crippen molar-refractivity contribution < 1.29 is 9.47 Å². The second kappa shape index (κ2) is 5.27. The third-order valence-electron chi connectivity index (χ3n) is 2.53. The van der Waals surface area contributed by atoms with Gasteiger partial charge in [0.15, 0.2) is 11.5 Å². The van der Waals surface area contributed by atoms with E-state index in [-0.39, 0.29) is 0 Å². The average molecular weight is 255 g/mol. The van der Waals surface area contributed by atoms with E-state index in [4.69, 9.17) is 20.5 Å². The highest BCUT2D eigenvalue weighted by Crippen LogP contribution is 2.33. The van der Waals surface area contributed by atoms with Crippen molar-refractivity contribution in [2.75, 3.05) is 12.8 Å². The van der Waals surface area contributed by atoms with Crippen LogP contribution in [0.3, 0.4) is 0 Å². The molecule has 0 saturated carbocycles. The third kappa shape index (κ3) is 2.75. The lowest BCUT2D eigenvalue weighted by Gasteiger charge is -2.11. The van der Waals surface area contributed by atoms with Gasteiger partial charge in [-0.3, -0.25) is 0 Å². The van der Waals surface area contributed by atoms with Crippen LogP contribution in [-0.2, 0) is 0 Å². The SMILES string of the molecule is COc1cc(C#N)ccc1Oc1nc(C)ccc1N. The average Bonchev–Trinajstić information content (AvgIpc) is 2.43. The van der Waals surface area contributed by atoms with E-state index < -0.39 is 0 Å². The van der Waals surface area contributed by atoms with Crippen LogP contribution in [0.25, 0.3) is 0 Å². The number of pyridine rings is 1. The van der Waals surface area contributed by atoms with E-state index in [0.717, 1.165) is 5.69 Å². The summed E-state index contributed by atoms with van der Waals surface area (Å²) in [6.07, 6.45) is 0. The van der Waals surface area contributed by atoms with Crippen LogP contribution >= 0.6 is 0 Å². The van der Waals surface area contributed by atoms with E-state index in [9.17, 15) is 0 Å². The molecule has 0 unspecified atom stereocenters. The number of nitrogens with two attached hydrogens (primary N) is 1. The third-order valence-corrected chi connectivity index (χ3v) is 2.53. The molecule has 0 aliphatic carbocycles. The molecule has 2 aromatic rings. The number of hydrogen-bond donors (Lipinski definition) is 1. The number of nitrogens with zero attached hydrogens (tertiary/aromatic N) is 2. The first-order valence-electron chi connectivity index (χ1n) is 5.63. The molecule has 0 atom stereocenters. The van der Waals surface area contributed by atoms with Gasteiger partial charge in [0.2, 0.25) is 5.88 Å². The van der Waals surface area contributed by atoms with Crippen molar-refractivity contribution in [1.29, 1.82) is 5.26 Å². The molecule has 0 amide bonds. The molecule has 1 heterocycles. The second-order valence-electron chi connectivity index (χ2n) is 3.93. The number of hydrogen-bond acceptors (Lipinski definition) is 5. The summed E-state index contributed by atoms with van der Waals surface area (Å²) in [5.41, 5.74) is 7.54. The number of ether oxygens (including phenoxy) is 2. The van der Waals surface area contributed by atoms with E-state index in [1.165, 1.54) is 7.11 Å². The molecule has 96 valence electrons. The molecule has 1 aromatic heterocycles. The van der Waals surface area contributed by atoms with E-state index >= 15 is 0 Å². The van der Waals surface area contributed by atoms with E-state index in [1.807, 2.05) is 13.0 Å². The lowest BCUT2D eigenvalue weighted by Crippen LogP contribution is -1.98. The minimum atomic E-state index is 0.322. The molecule has 0 bridgehead atoms. The summed E-state index contributed by atoms with van der Waals surface area (Å²) in [5, 5.41) is 8.84. The number of anilines is 1. The maximum atomic E-state index is 8.84. The molecule has 19 heavy (non-hydrogen) atoms. The molecule has 0 aliphatic heterocycles. The molecular weight excluding hydrogens is 242 g/mol. The van der Waals surface area contributed by atoms with Gasteiger partial charge in [-0.05, 0) is 31.2 Å². The number of nitrogen functional groups attached to an aromatic ring is 1. The van der Waals surface area contributed by atoms with Gasteiger partial charge in [-0.25, -0.2) is 4.98 Å². The second-order valence-corrected chi connectivity index (χ2v) is 3.93. The Morgan fingerprint density at radius 2 is 2.00 bits per heavy atom. The number of rotatable bonds is 3. The first-order chi connectivity index (χ1) is 9.13. The molecule has 2 N–H and O–H groups in total. The van der Waals surface area contributed by atoms with Crippen LogP contribution in [-0.4, -0.2) is 12.1 Å². The van der Waals surface area contributed by atoms with E-state index in [2.05, 4.69) is 4.98 Å². The summed E-state index contributed by atoms with van der Waals surface area (Å²) >= 11 is 0. The van der Waals surface area contributed by atoms with Crippen LogP contribution in [0.15, 0.2) is 30.3 Å². The van der Waals surface area contributed by atoms with Gasteiger partial charge in [0.05, 0.1) is 24.4 Å². The molecule has 1 aromatic carbocycles. The molecule has 0 fully saturated rings. The minimum absolute atomic E-state index is 0.322. The molecule has 5 heteroatoms. The highest BCUT2D eigenvalue weighted by molar-refractivity contribution is 5.53. The quantitative estimate of drug-likeness (QED) is 0.911. The van der Waals surface area contributed by atoms with Crippen LogP contribution in [0.1, 0.15) is 11.3 Å². The van der Waals surface area contributed by atoms with Crippen molar-refractivity contribution in [3.8, 4) is 23.4 Å². The van der Waals surface area contributed by atoms with Gasteiger partial charge in [0.25, 0.3) is 0 Å². The molecular formula is C14H13N3O2. The summed E-state index contributed by atoms with van der Waals surface area (Å²) in [6, 6.07) is 10.5. The summed E-state index contributed by atoms with van der Waals surface area (Å²) in [4.78, 5) is 4.22. The maximum absolute atomic E-state index is 8.84. The fourth-order valence-electron chi connectivity index (χ4n) is 1.55. The lowest BCUT2D eigenvalue weighted by atomic mass is 10.2. The fourth-order valence-corrected chi connectivity index (χ4v) is 1.55. The Bertz CT molecular complexity index is 648. The molecule has 0 radical (unpaired) electrons. The van der Waals surface area contributed by atoms with Crippen molar-refractivity contribution in [1.82, 2.24) is 4.98 Å². The monoisotopic (exact) mass is 255 g/mol. The Balaban J connectivity index is 2.38. The Labute approximate surface area is 111 Å². The van der Waals surface area contributed by atoms with Crippen LogP contribution in [0.2, 0.25) is 0 Å². The Morgan fingerprint density at radius 3 is 2.68 bits per heavy atom. The largest absolute Gasteiger partial charge is 0.493 e. The maximum Gasteiger partial charge on any atom is 0.243 e. The fraction of sp³-hybridized carbons (Fsp3) is 0.143. The summed E-state index contributed by atoms with van der Waals surface area (Å²) < 4.78 is 10.8. The first kappa shape index (κ1) is 12.7. The number of nitriles is 1. The van der Waals surface area contributed by atoms with Crippen molar-refractivity contribution >= 4 is 5.69 Å². The van der Waals surface area contributed by atoms with Gasteiger partial charge < -0.3 is 15.2 Å². The topological polar surface area (TPSA) is 81.2 Å². The smallest absolute Gasteiger partial charge is 0.243 e. The lowest BCUT2D eigenvalue weighted by molar-refractivity contribution is 0.374. The Morgan fingerprint density at radius 1 is 1.21 bits per heavy atom. The van der Waals surface area contributed by atoms with Crippen molar-refractivity contribution in [3.63, 3.8) is 0 Å². The Kier molecular flexibility index (Phi) is 3.53. The molecule has 0 spiro atoms. The minimum Gasteiger partial charge on any atom is -0.493 e. The highest BCUT2D eigenvalue weighted by atomic mass is 16.5. The number of aryl methyl sites for hydroxylation is 1. The van der Waals surface area contributed by atoms with E-state index in [1.54, 1.807) is 30.3 Å². The normalized spacial score (nSPS) is 9.74. The zero-order valence-electron chi connectivity index (χ0n) is 10.7. The number of methoxy groups -OCH3 is 1. The number of aromatic nitrogens is 1. The predicted octanol–water partition coefficient (Wildman–Crippen LogP) is 2.64. The van der Waals surface area contributed by atoms with Gasteiger partial charge in [0, 0.05) is 11.8 Å². The zero-order chi connectivity index (χ0) is 13.8. The van der Waals surface area contributed by atoms with Crippen LogP contribution in [0, 0.1) is 18.3 Å². The zero-order valence-corrected chi connectivity index (χ0v) is 10.7. The van der Waals surface area contributed by atoms with E-state index in [0.29, 0.717) is 28.6 Å². The molecule has 0 aliphatic rings. The van der Waals surface area contributed by atoms with Gasteiger partial charge in [-0.15, -0.1) is 0 Å².